The maximum absolute atomic E-state index is 12.9. The first-order valence-electron chi connectivity index (χ1n) is 9.10. The molecule has 4 rings (SSSR count). The van der Waals surface area contributed by atoms with E-state index in [0.29, 0.717) is 28.4 Å². The van der Waals surface area contributed by atoms with Crippen LogP contribution in [-0.4, -0.2) is 10.5 Å². The van der Waals surface area contributed by atoms with E-state index in [1.165, 1.54) is 11.3 Å². The summed E-state index contributed by atoms with van der Waals surface area (Å²) in [5, 5.41) is 0. The minimum absolute atomic E-state index is 0.335. The summed E-state index contributed by atoms with van der Waals surface area (Å²) in [5.74, 6) is 3.62. The van der Waals surface area contributed by atoms with Gasteiger partial charge in [-0.05, 0) is 48.9 Å². The minimum Gasteiger partial charge on any atom is -0.457 e. The van der Waals surface area contributed by atoms with Crippen LogP contribution in [0.2, 0.25) is 0 Å². The van der Waals surface area contributed by atoms with Gasteiger partial charge in [0.25, 0.3) is 5.91 Å². The highest BCUT2D eigenvalue weighted by atomic mass is 32.1. The Morgan fingerprint density at radius 3 is 2.62 bits per heavy atom. The third-order valence-electron chi connectivity index (χ3n) is 4.41. The Morgan fingerprint density at radius 2 is 1.83 bits per heavy atom. The molecule has 0 aliphatic heterocycles. The summed E-state index contributed by atoms with van der Waals surface area (Å²) in [6, 6.07) is 22.5. The lowest BCUT2D eigenvalue weighted by Gasteiger charge is -2.06. The largest absolute Gasteiger partial charge is 0.457 e. The van der Waals surface area contributed by atoms with Gasteiger partial charge in [0.1, 0.15) is 11.5 Å². The average Bonchev–Trinajstić information content (AvgIpc) is 3.07. The second-order valence-corrected chi connectivity index (χ2v) is 7.47. The minimum atomic E-state index is -0.335. The molecule has 1 amide bonds. The second-order valence-electron chi connectivity index (χ2n) is 6.46. The molecule has 0 fully saturated rings. The highest BCUT2D eigenvalue weighted by molar-refractivity contribution is 7.16. The first kappa shape index (κ1) is 18.7. The van der Waals surface area contributed by atoms with Crippen molar-refractivity contribution in [2.75, 3.05) is 0 Å². The van der Waals surface area contributed by atoms with Crippen molar-refractivity contribution in [3.63, 3.8) is 0 Å². The van der Waals surface area contributed by atoms with Gasteiger partial charge < -0.3 is 9.30 Å². The molecule has 3 aromatic carbocycles. The van der Waals surface area contributed by atoms with E-state index in [0.717, 1.165) is 15.8 Å². The van der Waals surface area contributed by atoms with Crippen molar-refractivity contribution in [1.82, 2.24) is 4.57 Å². The molecular weight excluding hydrogens is 380 g/mol. The van der Waals surface area contributed by atoms with Crippen molar-refractivity contribution in [1.29, 1.82) is 0 Å². The lowest BCUT2D eigenvalue weighted by molar-refractivity contribution is 0.0997. The van der Waals surface area contributed by atoms with E-state index in [9.17, 15) is 4.79 Å². The Balaban J connectivity index is 1.72. The number of aromatic nitrogens is 1. The quantitative estimate of drug-likeness (QED) is 0.445. The van der Waals surface area contributed by atoms with Crippen molar-refractivity contribution in [3.8, 4) is 23.8 Å². The fourth-order valence-electron chi connectivity index (χ4n) is 3.10. The molecule has 0 aliphatic carbocycles. The maximum Gasteiger partial charge on any atom is 0.279 e. The van der Waals surface area contributed by atoms with Crippen LogP contribution in [0.25, 0.3) is 10.2 Å². The van der Waals surface area contributed by atoms with Crippen molar-refractivity contribution in [3.05, 3.63) is 88.7 Å². The van der Waals surface area contributed by atoms with Crippen LogP contribution < -0.4 is 9.54 Å². The fraction of sp³-hybridized carbons (Fsp3) is 0.0833. The number of terminal acetylenes is 1. The number of para-hydroxylation sites is 2. The van der Waals surface area contributed by atoms with Gasteiger partial charge in [0.15, 0.2) is 4.80 Å². The fourth-order valence-corrected chi connectivity index (χ4v) is 4.20. The molecule has 142 valence electrons. The highest BCUT2D eigenvalue weighted by Crippen LogP contribution is 2.23. The van der Waals surface area contributed by atoms with Gasteiger partial charge in [0.2, 0.25) is 0 Å². The Kier molecular flexibility index (Phi) is 5.28. The molecule has 0 unspecified atom stereocenters. The summed E-state index contributed by atoms with van der Waals surface area (Å²) in [6.45, 7) is 2.38. The summed E-state index contributed by atoms with van der Waals surface area (Å²) < 4.78 is 8.79. The van der Waals surface area contributed by atoms with Gasteiger partial charge in [-0.1, -0.05) is 53.7 Å². The zero-order valence-electron chi connectivity index (χ0n) is 15.8. The number of benzene rings is 3. The molecule has 0 atom stereocenters. The van der Waals surface area contributed by atoms with Gasteiger partial charge >= 0.3 is 0 Å². The third-order valence-corrected chi connectivity index (χ3v) is 5.45. The molecule has 0 radical (unpaired) electrons. The normalized spacial score (nSPS) is 11.4. The Bertz CT molecular complexity index is 1290. The Labute approximate surface area is 172 Å². The molecular formula is C24H18N2O2S. The molecule has 4 aromatic rings. The number of thiazole rings is 1. The monoisotopic (exact) mass is 398 g/mol. The molecule has 0 bridgehead atoms. The summed E-state index contributed by atoms with van der Waals surface area (Å²) >= 11 is 1.46. The van der Waals surface area contributed by atoms with Crippen LogP contribution >= 0.6 is 11.3 Å². The van der Waals surface area contributed by atoms with Crippen molar-refractivity contribution in [2.45, 2.75) is 13.5 Å². The number of rotatable bonds is 4. The van der Waals surface area contributed by atoms with Crippen molar-refractivity contribution >= 4 is 27.5 Å². The first-order valence-corrected chi connectivity index (χ1v) is 9.92. The number of nitrogens with zero attached hydrogens (tertiary/aromatic N) is 2. The number of hydrogen-bond acceptors (Lipinski definition) is 3. The zero-order valence-corrected chi connectivity index (χ0v) is 16.6. The number of carbonyl (C=O) groups is 1. The summed E-state index contributed by atoms with van der Waals surface area (Å²) in [5.41, 5.74) is 2.57. The number of ether oxygens (including phenoxy) is 1. The highest BCUT2D eigenvalue weighted by Gasteiger charge is 2.11. The Hall–Kier alpha value is -3.62. The van der Waals surface area contributed by atoms with Crippen LogP contribution in [0.5, 0.6) is 11.5 Å². The van der Waals surface area contributed by atoms with E-state index in [2.05, 4.69) is 10.9 Å². The zero-order chi connectivity index (χ0) is 20.2. The van der Waals surface area contributed by atoms with Gasteiger partial charge in [-0.3, -0.25) is 4.79 Å². The second kappa shape index (κ2) is 8.17. The SMILES string of the molecule is C#CCn1c(=NC(=O)c2cccc(Oc3ccccc3)c2)sc2cccc(C)c21. The third kappa shape index (κ3) is 3.98. The van der Waals surface area contributed by atoms with Crippen LogP contribution in [0.1, 0.15) is 15.9 Å². The standard InChI is InChI=1S/C24H18N2O2S/c1-3-15-26-22-17(2)9-7-14-21(22)29-24(26)25-23(27)18-10-8-13-20(16-18)28-19-11-5-4-6-12-19/h1,4-14,16H,15H2,2H3. The van der Waals surface area contributed by atoms with Gasteiger partial charge in [-0.25, -0.2) is 0 Å². The van der Waals surface area contributed by atoms with E-state index in [-0.39, 0.29) is 5.91 Å². The van der Waals surface area contributed by atoms with Gasteiger partial charge in [0.05, 0.1) is 16.8 Å². The lowest BCUT2D eigenvalue weighted by Crippen LogP contribution is -2.16. The number of hydrogen-bond donors (Lipinski definition) is 0. The predicted octanol–water partition coefficient (Wildman–Crippen LogP) is 5.18. The lowest BCUT2D eigenvalue weighted by atomic mass is 10.2. The van der Waals surface area contributed by atoms with Crippen LogP contribution in [0.15, 0.2) is 77.8 Å². The van der Waals surface area contributed by atoms with Crippen LogP contribution in [-0.2, 0) is 6.54 Å². The molecule has 29 heavy (non-hydrogen) atoms. The van der Waals surface area contributed by atoms with Gasteiger partial charge in [-0.2, -0.15) is 4.99 Å². The van der Waals surface area contributed by atoms with E-state index in [1.807, 2.05) is 66.1 Å². The number of aryl methyl sites for hydroxylation is 1. The molecule has 0 aliphatic rings. The van der Waals surface area contributed by atoms with Crippen molar-refractivity contribution in [2.24, 2.45) is 4.99 Å². The summed E-state index contributed by atoms with van der Waals surface area (Å²) in [4.78, 5) is 17.8. The molecule has 0 spiro atoms. The number of fused-ring (bicyclic) bond motifs is 1. The maximum atomic E-state index is 12.9. The van der Waals surface area contributed by atoms with E-state index in [1.54, 1.807) is 18.2 Å². The van der Waals surface area contributed by atoms with Crippen LogP contribution in [0.4, 0.5) is 0 Å². The average molecular weight is 398 g/mol. The van der Waals surface area contributed by atoms with E-state index in [4.69, 9.17) is 11.2 Å². The van der Waals surface area contributed by atoms with E-state index < -0.39 is 0 Å². The molecule has 4 nitrogen and oxygen atoms in total. The molecule has 1 heterocycles. The molecule has 5 heteroatoms. The molecule has 0 saturated carbocycles. The van der Waals surface area contributed by atoms with Gasteiger partial charge in [0, 0.05) is 5.56 Å². The smallest absolute Gasteiger partial charge is 0.279 e. The summed E-state index contributed by atoms with van der Waals surface area (Å²) in [6.07, 6.45) is 5.56. The predicted molar refractivity (Wildman–Crippen MR) is 116 cm³/mol. The number of carbonyl (C=O) groups excluding carboxylic acids is 1. The summed E-state index contributed by atoms with van der Waals surface area (Å²) in [7, 11) is 0. The Morgan fingerprint density at radius 1 is 1.07 bits per heavy atom. The number of amides is 1. The van der Waals surface area contributed by atoms with Crippen LogP contribution in [0, 0.1) is 19.3 Å². The van der Waals surface area contributed by atoms with E-state index >= 15 is 0 Å². The first-order chi connectivity index (χ1) is 14.2. The topological polar surface area (TPSA) is 43.6 Å². The van der Waals surface area contributed by atoms with Gasteiger partial charge in [-0.15, -0.1) is 6.42 Å². The molecule has 1 aromatic heterocycles. The van der Waals surface area contributed by atoms with Crippen LogP contribution in [0.3, 0.4) is 0 Å². The van der Waals surface area contributed by atoms with Crippen molar-refractivity contribution < 1.29 is 9.53 Å². The molecule has 0 saturated heterocycles. The molecule has 0 N–H and O–H groups in total.